The first-order chi connectivity index (χ1) is 7.04. The summed E-state index contributed by atoms with van der Waals surface area (Å²) < 4.78 is 5.52. The van der Waals surface area contributed by atoms with Gasteiger partial charge >= 0.3 is 0 Å². The van der Waals surface area contributed by atoms with E-state index in [0.717, 1.165) is 16.9 Å². The summed E-state index contributed by atoms with van der Waals surface area (Å²) in [4.78, 5) is 0. The van der Waals surface area contributed by atoms with Gasteiger partial charge in [0.1, 0.15) is 12.4 Å². The first-order valence-electron chi connectivity index (χ1n) is 4.79. The minimum atomic E-state index is -0.592. The van der Waals surface area contributed by atoms with Crippen molar-refractivity contribution in [3.05, 3.63) is 28.8 Å². The molecular formula is C12H14ClNO. The molecule has 0 saturated heterocycles. The van der Waals surface area contributed by atoms with Gasteiger partial charge in [-0.15, -0.1) is 11.6 Å². The van der Waals surface area contributed by atoms with E-state index in [2.05, 4.69) is 12.1 Å². The molecule has 0 N–H and O–H groups in total. The van der Waals surface area contributed by atoms with Gasteiger partial charge in [0.05, 0.1) is 6.07 Å². The second kappa shape index (κ2) is 5.04. The average Bonchev–Trinajstić information content (AvgIpc) is 2.15. The van der Waals surface area contributed by atoms with Crippen LogP contribution in [-0.2, 0) is 0 Å². The first kappa shape index (κ1) is 11.9. The molecule has 80 valence electrons. The molecule has 0 saturated carbocycles. The van der Waals surface area contributed by atoms with Crippen LogP contribution < -0.4 is 4.74 Å². The van der Waals surface area contributed by atoms with E-state index in [1.807, 2.05) is 26.8 Å². The highest BCUT2D eigenvalue weighted by Crippen LogP contribution is 2.24. The summed E-state index contributed by atoms with van der Waals surface area (Å²) in [5.74, 6) is 0.835. The lowest BCUT2D eigenvalue weighted by atomic mass is 10.1. The van der Waals surface area contributed by atoms with Crippen molar-refractivity contribution in [3.63, 3.8) is 0 Å². The quantitative estimate of drug-likeness (QED) is 0.738. The fourth-order valence-corrected chi connectivity index (χ4v) is 1.65. The summed E-state index contributed by atoms with van der Waals surface area (Å²) in [6, 6.07) is 6.03. The molecule has 0 bridgehead atoms. The van der Waals surface area contributed by atoms with Gasteiger partial charge in [0.2, 0.25) is 0 Å². The van der Waals surface area contributed by atoms with E-state index in [4.69, 9.17) is 21.6 Å². The first-order valence-corrected chi connectivity index (χ1v) is 5.22. The molecule has 0 heterocycles. The summed E-state index contributed by atoms with van der Waals surface area (Å²) in [6.45, 7) is 6.25. The normalized spacial score (nSPS) is 11.9. The number of nitriles is 1. The fraction of sp³-hybridized carbons (Fsp3) is 0.417. The van der Waals surface area contributed by atoms with Gasteiger partial charge in [-0.2, -0.15) is 5.26 Å². The molecule has 0 aliphatic rings. The summed E-state index contributed by atoms with van der Waals surface area (Å²) in [7, 11) is 0. The largest absolute Gasteiger partial charge is 0.490 e. The lowest BCUT2D eigenvalue weighted by Crippen LogP contribution is -2.10. The summed E-state index contributed by atoms with van der Waals surface area (Å²) in [5.41, 5.74) is 3.36. The highest BCUT2D eigenvalue weighted by Gasteiger charge is 2.08. The second-order valence-electron chi connectivity index (χ2n) is 3.64. The lowest BCUT2D eigenvalue weighted by molar-refractivity contribution is 0.324. The van der Waals surface area contributed by atoms with Crippen LogP contribution in [0.4, 0.5) is 0 Å². The standard InChI is InChI=1S/C12H14ClNO/c1-8-4-9(2)12(10(3)5-8)15-7-11(13)6-14/h4-5,11H,7H2,1-3H3. The molecular weight excluding hydrogens is 210 g/mol. The third-order valence-electron chi connectivity index (χ3n) is 2.12. The molecule has 0 aliphatic carbocycles. The van der Waals surface area contributed by atoms with Crippen molar-refractivity contribution in [2.45, 2.75) is 26.1 Å². The second-order valence-corrected chi connectivity index (χ2v) is 4.16. The van der Waals surface area contributed by atoms with E-state index in [1.54, 1.807) is 0 Å². The highest BCUT2D eigenvalue weighted by atomic mass is 35.5. The number of ether oxygens (including phenoxy) is 1. The predicted octanol–water partition coefficient (Wildman–Crippen LogP) is 3.12. The Morgan fingerprint density at radius 3 is 2.33 bits per heavy atom. The number of hydrogen-bond acceptors (Lipinski definition) is 2. The highest BCUT2D eigenvalue weighted by molar-refractivity contribution is 6.22. The SMILES string of the molecule is Cc1cc(C)c(OCC(Cl)C#N)c(C)c1. The zero-order chi connectivity index (χ0) is 11.4. The average molecular weight is 224 g/mol. The maximum Gasteiger partial charge on any atom is 0.154 e. The van der Waals surface area contributed by atoms with Gasteiger partial charge in [-0.1, -0.05) is 17.7 Å². The van der Waals surface area contributed by atoms with Gasteiger partial charge in [-0.25, -0.2) is 0 Å². The monoisotopic (exact) mass is 223 g/mol. The number of benzene rings is 1. The third kappa shape index (κ3) is 3.14. The maximum atomic E-state index is 8.53. The molecule has 1 rings (SSSR count). The van der Waals surface area contributed by atoms with Crippen molar-refractivity contribution < 1.29 is 4.74 Å². The van der Waals surface area contributed by atoms with Gasteiger partial charge in [-0.3, -0.25) is 0 Å². The van der Waals surface area contributed by atoms with Crippen LogP contribution in [0.1, 0.15) is 16.7 Å². The van der Waals surface area contributed by atoms with E-state index in [0.29, 0.717) is 0 Å². The van der Waals surface area contributed by atoms with E-state index in [1.165, 1.54) is 5.56 Å². The van der Waals surface area contributed by atoms with Crippen LogP contribution in [-0.4, -0.2) is 12.0 Å². The Morgan fingerprint density at radius 2 is 1.87 bits per heavy atom. The molecule has 3 heteroatoms. The van der Waals surface area contributed by atoms with Gasteiger partial charge < -0.3 is 4.74 Å². The molecule has 0 spiro atoms. The fourth-order valence-electron chi connectivity index (χ4n) is 1.59. The minimum Gasteiger partial charge on any atom is -0.490 e. The molecule has 15 heavy (non-hydrogen) atoms. The zero-order valence-corrected chi connectivity index (χ0v) is 9.93. The topological polar surface area (TPSA) is 33.0 Å². The Kier molecular flexibility index (Phi) is 3.99. The van der Waals surface area contributed by atoms with E-state index < -0.39 is 5.38 Å². The van der Waals surface area contributed by atoms with Gasteiger partial charge in [0, 0.05) is 0 Å². The van der Waals surface area contributed by atoms with Crippen molar-refractivity contribution in [2.24, 2.45) is 0 Å². The van der Waals surface area contributed by atoms with Crippen molar-refractivity contribution in [3.8, 4) is 11.8 Å². The summed E-state index contributed by atoms with van der Waals surface area (Å²) >= 11 is 5.67. The number of halogens is 1. The lowest BCUT2D eigenvalue weighted by Gasteiger charge is -2.13. The van der Waals surface area contributed by atoms with Crippen LogP contribution in [0.3, 0.4) is 0 Å². The van der Waals surface area contributed by atoms with E-state index in [9.17, 15) is 0 Å². The Bertz CT molecular complexity index is 372. The Balaban J connectivity index is 2.82. The van der Waals surface area contributed by atoms with Crippen molar-refractivity contribution in [1.82, 2.24) is 0 Å². The number of rotatable bonds is 3. The number of hydrogen-bond donors (Lipinski definition) is 0. The smallest absolute Gasteiger partial charge is 0.154 e. The van der Waals surface area contributed by atoms with Gasteiger partial charge in [0.15, 0.2) is 5.38 Å². The Labute approximate surface area is 95.4 Å². The van der Waals surface area contributed by atoms with Crippen LogP contribution in [0, 0.1) is 32.1 Å². The molecule has 1 atom stereocenters. The molecule has 2 nitrogen and oxygen atoms in total. The van der Waals surface area contributed by atoms with Crippen LogP contribution in [0.2, 0.25) is 0 Å². The zero-order valence-electron chi connectivity index (χ0n) is 9.17. The van der Waals surface area contributed by atoms with Crippen LogP contribution in [0.15, 0.2) is 12.1 Å². The van der Waals surface area contributed by atoms with Crippen molar-refractivity contribution in [2.75, 3.05) is 6.61 Å². The molecule has 1 aromatic rings. The minimum absolute atomic E-state index is 0.225. The molecule has 0 aromatic heterocycles. The van der Waals surface area contributed by atoms with Crippen molar-refractivity contribution in [1.29, 1.82) is 5.26 Å². The number of alkyl halides is 1. The molecule has 1 unspecified atom stereocenters. The molecule has 0 radical (unpaired) electrons. The van der Waals surface area contributed by atoms with Crippen molar-refractivity contribution >= 4 is 11.6 Å². The van der Waals surface area contributed by atoms with E-state index in [-0.39, 0.29) is 6.61 Å². The summed E-state index contributed by atoms with van der Waals surface area (Å²) in [5, 5.41) is 7.94. The molecule has 0 aliphatic heterocycles. The number of nitrogens with zero attached hydrogens (tertiary/aromatic N) is 1. The van der Waals surface area contributed by atoms with Crippen LogP contribution >= 0.6 is 11.6 Å². The Morgan fingerprint density at radius 1 is 1.33 bits per heavy atom. The van der Waals surface area contributed by atoms with Gasteiger partial charge in [0.25, 0.3) is 0 Å². The third-order valence-corrected chi connectivity index (χ3v) is 2.34. The summed E-state index contributed by atoms with van der Waals surface area (Å²) in [6.07, 6.45) is 0. The van der Waals surface area contributed by atoms with Crippen LogP contribution in [0.25, 0.3) is 0 Å². The predicted molar refractivity (Wildman–Crippen MR) is 61.4 cm³/mol. The van der Waals surface area contributed by atoms with E-state index >= 15 is 0 Å². The molecule has 0 amide bonds. The maximum absolute atomic E-state index is 8.53. The molecule has 1 aromatic carbocycles. The van der Waals surface area contributed by atoms with Gasteiger partial charge in [-0.05, 0) is 31.9 Å². The Hall–Kier alpha value is -1.20. The van der Waals surface area contributed by atoms with Crippen LogP contribution in [0.5, 0.6) is 5.75 Å². The molecule has 0 fully saturated rings. The number of aryl methyl sites for hydroxylation is 3.